The third-order valence-electron chi connectivity index (χ3n) is 6.29. The minimum atomic E-state index is -0.756. The van der Waals surface area contributed by atoms with Gasteiger partial charge < -0.3 is 14.6 Å². The lowest BCUT2D eigenvalue weighted by atomic mass is 9.70. The Hall–Kier alpha value is -3.12. The highest BCUT2D eigenvalue weighted by Crippen LogP contribution is 2.47. The standard InChI is InChI=1S/C25H27FN2O3/c1-16-12-20-17(15-27-28(20)19-10-8-18(26)9-11-19)13-25(16,2)14-21(29)24-22(30-3)6-5-7-23(24)31-4/h5-12,15,21,29H,13-14H2,1-4H3/t21?,25-/m1/s1. The number of methoxy groups -OCH3 is 2. The summed E-state index contributed by atoms with van der Waals surface area (Å²) in [5.74, 6) is 0.945. The molecule has 0 aliphatic heterocycles. The largest absolute Gasteiger partial charge is 0.496 e. The number of hydrogen-bond acceptors (Lipinski definition) is 4. The van der Waals surface area contributed by atoms with Crippen LogP contribution in [0, 0.1) is 11.2 Å². The maximum atomic E-state index is 13.3. The van der Waals surface area contributed by atoms with Crippen molar-refractivity contribution in [3.63, 3.8) is 0 Å². The molecule has 1 unspecified atom stereocenters. The van der Waals surface area contributed by atoms with Gasteiger partial charge in [-0.1, -0.05) is 18.6 Å². The van der Waals surface area contributed by atoms with E-state index in [0.29, 0.717) is 23.5 Å². The van der Waals surface area contributed by atoms with Gasteiger partial charge in [0.05, 0.1) is 43.5 Å². The van der Waals surface area contributed by atoms with Gasteiger partial charge in [-0.3, -0.25) is 0 Å². The summed E-state index contributed by atoms with van der Waals surface area (Å²) in [6, 6.07) is 11.8. The van der Waals surface area contributed by atoms with Crippen molar-refractivity contribution in [2.45, 2.75) is 32.8 Å². The molecule has 5 nitrogen and oxygen atoms in total. The number of nitrogens with zero attached hydrogens (tertiary/aromatic N) is 2. The topological polar surface area (TPSA) is 56.5 Å². The Bertz CT molecular complexity index is 1100. The van der Waals surface area contributed by atoms with E-state index in [9.17, 15) is 9.50 Å². The smallest absolute Gasteiger partial charge is 0.128 e. The Labute approximate surface area is 181 Å². The summed E-state index contributed by atoms with van der Waals surface area (Å²) in [5, 5.41) is 15.7. The summed E-state index contributed by atoms with van der Waals surface area (Å²) in [6.45, 7) is 4.24. The lowest BCUT2D eigenvalue weighted by molar-refractivity contribution is 0.115. The van der Waals surface area contributed by atoms with E-state index < -0.39 is 6.10 Å². The highest BCUT2D eigenvalue weighted by Gasteiger charge is 2.36. The van der Waals surface area contributed by atoms with E-state index in [4.69, 9.17) is 9.47 Å². The van der Waals surface area contributed by atoms with Crippen LogP contribution in [0.3, 0.4) is 0 Å². The minimum Gasteiger partial charge on any atom is -0.496 e. The Kier molecular flexibility index (Phi) is 5.58. The number of allylic oxidation sites excluding steroid dienone is 1. The highest BCUT2D eigenvalue weighted by atomic mass is 19.1. The number of hydrogen-bond donors (Lipinski definition) is 1. The molecule has 1 N–H and O–H groups in total. The maximum absolute atomic E-state index is 13.3. The summed E-state index contributed by atoms with van der Waals surface area (Å²) in [7, 11) is 3.18. The fourth-order valence-electron chi connectivity index (χ4n) is 4.38. The van der Waals surface area contributed by atoms with Gasteiger partial charge in [-0.15, -0.1) is 0 Å². The van der Waals surface area contributed by atoms with Crippen molar-refractivity contribution >= 4 is 6.08 Å². The Morgan fingerprint density at radius 2 is 1.77 bits per heavy atom. The van der Waals surface area contributed by atoms with Gasteiger partial charge in [0, 0.05) is 0 Å². The van der Waals surface area contributed by atoms with E-state index >= 15 is 0 Å². The normalized spacial score (nSPS) is 18.8. The second kappa shape index (κ2) is 8.19. The van der Waals surface area contributed by atoms with Crippen LogP contribution >= 0.6 is 0 Å². The number of aromatic nitrogens is 2. The van der Waals surface area contributed by atoms with E-state index in [-0.39, 0.29) is 11.2 Å². The zero-order valence-corrected chi connectivity index (χ0v) is 18.2. The second-order valence-electron chi connectivity index (χ2n) is 8.30. The molecule has 0 saturated carbocycles. The van der Waals surface area contributed by atoms with Crippen molar-refractivity contribution < 1.29 is 19.0 Å². The summed E-state index contributed by atoms with van der Waals surface area (Å²) in [5.41, 5.74) is 4.44. The number of aliphatic hydroxyl groups excluding tert-OH is 1. The van der Waals surface area contributed by atoms with Gasteiger partial charge in [0.1, 0.15) is 17.3 Å². The molecule has 4 rings (SSSR count). The average Bonchev–Trinajstić information content (AvgIpc) is 3.15. The quantitative estimate of drug-likeness (QED) is 0.599. The van der Waals surface area contributed by atoms with Crippen molar-refractivity contribution in [1.82, 2.24) is 9.78 Å². The first-order chi connectivity index (χ1) is 14.9. The SMILES string of the molecule is COc1cccc(OC)c1C(O)C[C@@]1(C)Cc2cnn(-c3ccc(F)cc3)c2C=C1C. The molecule has 162 valence electrons. The van der Waals surface area contributed by atoms with Gasteiger partial charge in [-0.2, -0.15) is 5.10 Å². The van der Waals surface area contributed by atoms with Crippen LogP contribution in [-0.4, -0.2) is 29.1 Å². The molecule has 0 radical (unpaired) electrons. The van der Waals surface area contributed by atoms with Crippen molar-refractivity contribution in [3.8, 4) is 17.2 Å². The molecule has 0 saturated heterocycles. The monoisotopic (exact) mass is 422 g/mol. The molecule has 1 aliphatic rings. The van der Waals surface area contributed by atoms with Gasteiger partial charge in [0.15, 0.2) is 0 Å². The van der Waals surface area contributed by atoms with E-state index in [1.54, 1.807) is 26.4 Å². The number of aliphatic hydroxyl groups is 1. The molecule has 0 amide bonds. The number of ether oxygens (including phenoxy) is 2. The number of rotatable bonds is 6. The van der Waals surface area contributed by atoms with Crippen molar-refractivity contribution in [3.05, 3.63) is 76.9 Å². The number of fused-ring (bicyclic) bond motifs is 1. The van der Waals surface area contributed by atoms with E-state index in [1.165, 1.54) is 12.1 Å². The first-order valence-electron chi connectivity index (χ1n) is 10.3. The van der Waals surface area contributed by atoms with Crippen LogP contribution in [0.2, 0.25) is 0 Å². The number of halogens is 1. The van der Waals surface area contributed by atoms with Crippen LogP contribution in [0.15, 0.2) is 54.2 Å². The van der Waals surface area contributed by atoms with Crippen LogP contribution in [0.25, 0.3) is 11.8 Å². The van der Waals surface area contributed by atoms with Crippen LogP contribution in [-0.2, 0) is 6.42 Å². The van der Waals surface area contributed by atoms with Crippen LogP contribution in [0.5, 0.6) is 11.5 Å². The molecular formula is C25H27FN2O3. The molecule has 1 aromatic heterocycles. The summed E-state index contributed by atoms with van der Waals surface area (Å²) in [6.07, 6.45) is 4.46. The minimum absolute atomic E-state index is 0.269. The molecule has 6 heteroatoms. The van der Waals surface area contributed by atoms with E-state index in [1.807, 2.05) is 29.1 Å². The van der Waals surface area contributed by atoms with Crippen LogP contribution in [0.1, 0.15) is 43.2 Å². The maximum Gasteiger partial charge on any atom is 0.128 e. The third kappa shape index (κ3) is 3.83. The van der Waals surface area contributed by atoms with Crippen molar-refractivity contribution in [2.24, 2.45) is 5.41 Å². The Morgan fingerprint density at radius 3 is 2.39 bits per heavy atom. The van der Waals surface area contributed by atoms with Crippen LogP contribution in [0.4, 0.5) is 4.39 Å². The molecular weight excluding hydrogens is 395 g/mol. The van der Waals surface area contributed by atoms with Crippen LogP contribution < -0.4 is 9.47 Å². The Balaban J connectivity index is 1.65. The number of benzene rings is 2. The highest BCUT2D eigenvalue weighted by molar-refractivity contribution is 5.60. The van der Waals surface area contributed by atoms with E-state index in [2.05, 4.69) is 25.0 Å². The lowest BCUT2D eigenvalue weighted by Gasteiger charge is -2.36. The van der Waals surface area contributed by atoms with Crippen molar-refractivity contribution in [1.29, 1.82) is 0 Å². The predicted molar refractivity (Wildman–Crippen MR) is 118 cm³/mol. The first kappa shape index (κ1) is 21.1. The molecule has 2 atom stereocenters. The van der Waals surface area contributed by atoms with Gasteiger partial charge in [-0.05, 0) is 73.2 Å². The van der Waals surface area contributed by atoms with Gasteiger partial charge in [-0.25, -0.2) is 9.07 Å². The average molecular weight is 423 g/mol. The van der Waals surface area contributed by atoms with Gasteiger partial charge in [0.25, 0.3) is 0 Å². The Morgan fingerprint density at radius 1 is 1.13 bits per heavy atom. The first-order valence-corrected chi connectivity index (χ1v) is 10.3. The fourth-order valence-corrected chi connectivity index (χ4v) is 4.38. The molecule has 1 heterocycles. The summed E-state index contributed by atoms with van der Waals surface area (Å²) < 4.78 is 26.1. The molecule has 0 bridgehead atoms. The predicted octanol–water partition coefficient (Wildman–Crippen LogP) is 5.12. The second-order valence-corrected chi connectivity index (χ2v) is 8.30. The molecule has 3 aromatic rings. The molecule has 0 fully saturated rings. The van der Waals surface area contributed by atoms with E-state index in [0.717, 1.165) is 28.9 Å². The molecule has 31 heavy (non-hydrogen) atoms. The molecule has 0 spiro atoms. The molecule has 2 aromatic carbocycles. The summed E-state index contributed by atoms with van der Waals surface area (Å²) in [4.78, 5) is 0. The third-order valence-corrected chi connectivity index (χ3v) is 6.29. The van der Waals surface area contributed by atoms with Crippen molar-refractivity contribution in [2.75, 3.05) is 14.2 Å². The fraction of sp³-hybridized carbons (Fsp3) is 0.320. The zero-order valence-electron chi connectivity index (χ0n) is 18.2. The summed E-state index contributed by atoms with van der Waals surface area (Å²) >= 11 is 0. The molecule has 1 aliphatic carbocycles. The van der Waals surface area contributed by atoms with Gasteiger partial charge >= 0.3 is 0 Å². The lowest BCUT2D eigenvalue weighted by Crippen LogP contribution is -2.27. The van der Waals surface area contributed by atoms with Gasteiger partial charge in [0.2, 0.25) is 0 Å². The zero-order chi connectivity index (χ0) is 22.2.